The second-order valence-corrected chi connectivity index (χ2v) is 9.40. The molecule has 2 aromatic carbocycles. The summed E-state index contributed by atoms with van der Waals surface area (Å²) in [5.41, 5.74) is 1.98. The highest BCUT2D eigenvalue weighted by molar-refractivity contribution is 7.89. The third-order valence-electron chi connectivity index (χ3n) is 5.35. The number of fused-ring (bicyclic) bond motifs is 1. The summed E-state index contributed by atoms with van der Waals surface area (Å²) in [6.45, 7) is 5.47. The lowest BCUT2D eigenvalue weighted by atomic mass is 10.1. The maximum absolute atomic E-state index is 13.3. The Morgan fingerprint density at radius 1 is 1.06 bits per heavy atom. The lowest BCUT2D eigenvalue weighted by molar-refractivity contribution is 0.0697. The molecule has 0 radical (unpaired) electrons. The largest absolute Gasteiger partial charge is 0.494 e. The molecule has 1 aliphatic rings. The van der Waals surface area contributed by atoms with Gasteiger partial charge in [0.1, 0.15) is 10.6 Å². The van der Waals surface area contributed by atoms with Crippen molar-refractivity contribution in [3.63, 3.8) is 0 Å². The summed E-state index contributed by atoms with van der Waals surface area (Å²) in [5, 5.41) is 0.795. The molecule has 4 rings (SSSR count). The summed E-state index contributed by atoms with van der Waals surface area (Å²) in [7, 11) is -3.72. The highest BCUT2D eigenvalue weighted by Gasteiger charge is 2.31. The standard InChI is InChI=1S/C23H25N3O4S/c1-3-30-20-8-4-7-19(15-20)23(27)25-10-12-26(13-11-25)31(28,29)21-9-5-6-18-14-17(2)16-24-22(18)21/h4-9,14-16H,3,10-13H2,1-2H3. The molecule has 2 heterocycles. The number of sulfonamides is 1. The zero-order chi connectivity index (χ0) is 22.0. The molecular formula is C23H25N3O4S. The Morgan fingerprint density at radius 3 is 2.55 bits per heavy atom. The monoisotopic (exact) mass is 439 g/mol. The Balaban J connectivity index is 1.51. The van der Waals surface area contributed by atoms with Crippen LogP contribution >= 0.6 is 0 Å². The number of pyridine rings is 1. The number of benzene rings is 2. The number of aromatic nitrogens is 1. The molecule has 0 aliphatic carbocycles. The molecular weight excluding hydrogens is 414 g/mol. The summed E-state index contributed by atoms with van der Waals surface area (Å²) in [6, 6.07) is 14.2. The normalized spacial score (nSPS) is 15.2. The molecule has 0 atom stereocenters. The van der Waals surface area contributed by atoms with Gasteiger partial charge in [0, 0.05) is 43.3 Å². The molecule has 1 aliphatic heterocycles. The quantitative estimate of drug-likeness (QED) is 0.610. The Morgan fingerprint density at radius 2 is 1.81 bits per heavy atom. The van der Waals surface area contributed by atoms with Gasteiger partial charge in [-0.05, 0) is 49.7 Å². The summed E-state index contributed by atoms with van der Waals surface area (Å²) in [5.74, 6) is 0.522. The Bertz CT molecular complexity index is 1220. The number of amides is 1. The van der Waals surface area contributed by atoms with Crippen molar-refractivity contribution in [2.45, 2.75) is 18.7 Å². The van der Waals surface area contributed by atoms with E-state index >= 15 is 0 Å². The van der Waals surface area contributed by atoms with Gasteiger partial charge in [0.05, 0.1) is 12.1 Å². The summed E-state index contributed by atoms with van der Waals surface area (Å²) < 4.78 is 33.5. The molecule has 3 aromatic rings. The summed E-state index contributed by atoms with van der Waals surface area (Å²) >= 11 is 0. The van der Waals surface area contributed by atoms with E-state index in [0.29, 0.717) is 36.5 Å². The van der Waals surface area contributed by atoms with E-state index in [0.717, 1.165) is 10.9 Å². The minimum Gasteiger partial charge on any atom is -0.494 e. The second-order valence-electron chi connectivity index (χ2n) is 7.50. The molecule has 31 heavy (non-hydrogen) atoms. The van der Waals surface area contributed by atoms with Crippen LogP contribution in [0.3, 0.4) is 0 Å². The van der Waals surface area contributed by atoms with Crippen LogP contribution in [0.1, 0.15) is 22.8 Å². The van der Waals surface area contributed by atoms with Crippen molar-refractivity contribution in [1.29, 1.82) is 0 Å². The minimum atomic E-state index is -3.72. The zero-order valence-corrected chi connectivity index (χ0v) is 18.4. The molecule has 0 unspecified atom stereocenters. The maximum atomic E-state index is 13.3. The SMILES string of the molecule is CCOc1cccc(C(=O)N2CCN(S(=O)(=O)c3cccc4cc(C)cnc34)CC2)c1. The van der Waals surface area contributed by atoms with Crippen LogP contribution in [0.2, 0.25) is 0 Å². The number of hydrogen-bond donors (Lipinski definition) is 0. The molecule has 8 heteroatoms. The van der Waals surface area contributed by atoms with Gasteiger partial charge in [0.15, 0.2) is 0 Å². The molecule has 162 valence electrons. The Kier molecular flexibility index (Phi) is 5.93. The van der Waals surface area contributed by atoms with Crippen LogP contribution in [-0.2, 0) is 10.0 Å². The fourth-order valence-electron chi connectivity index (χ4n) is 3.79. The number of para-hydroxylation sites is 1. The minimum absolute atomic E-state index is 0.124. The van der Waals surface area contributed by atoms with Crippen LogP contribution in [-0.4, -0.2) is 61.3 Å². The van der Waals surface area contributed by atoms with Crippen LogP contribution < -0.4 is 4.74 Å². The van der Waals surface area contributed by atoms with E-state index in [1.165, 1.54) is 4.31 Å². The van der Waals surface area contributed by atoms with Gasteiger partial charge in [-0.2, -0.15) is 4.31 Å². The third-order valence-corrected chi connectivity index (χ3v) is 7.28. The predicted molar refractivity (Wildman–Crippen MR) is 119 cm³/mol. The van der Waals surface area contributed by atoms with Crippen LogP contribution in [0.15, 0.2) is 59.6 Å². The van der Waals surface area contributed by atoms with Gasteiger partial charge in [-0.15, -0.1) is 0 Å². The number of aryl methyl sites for hydroxylation is 1. The Labute approximate surface area is 182 Å². The van der Waals surface area contributed by atoms with E-state index < -0.39 is 10.0 Å². The van der Waals surface area contributed by atoms with Gasteiger partial charge >= 0.3 is 0 Å². The first-order valence-electron chi connectivity index (χ1n) is 10.3. The number of carbonyl (C=O) groups is 1. The molecule has 7 nitrogen and oxygen atoms in total. The van der Waals surface area contributed by atoms with Crippen LogP contribution in [0, 0.1) is 6.92 Å². The maximum Gasteiger partial charge on any atom is 0.254 e. The van der Waals surface area contributed by atoms with Crippen molar-refractivity contribution < 1.29 is 17.9 Å². The summed E-state index contributed by atoms with van der Waals surface area (Å²) in [6.07, 6.45) is 1.67. The van der Waals surface area contributed by atoms with Gasteiger partial charge in [-0.3, -0.25) is 9.78 Å². The number of nitrogens with zero attached hydrogens (tertiary/aromatic N) is 3. The first-order chi connectivity index (χ1) is 14.9. The number of hydrogen-bond acceptors (Lipinski definition) is 5. The van der Waals surface area contributed by atoms with Crippen molar-refractivity contribution in [3.8, 4) is 5.75 Å². The first-order valence-corrected chi connectivity index (χ1v) is 11.7. The molecule has 0 spiro atoms. The fraction of sp³-hybridized carbons (Fsp3) is 0.304. The lowest BCUT2D eigenvalue weighted by Gasteiger charge is -2.34. The van der Waals surface area contributed by atoms with Crippen LogP contribution in [0.25, 0.3) is 10.9 Å². The smallest absolute Gasteiger partial charge is 0.254 e. The molecule has 0 bridgehead atoms. The molecule has 0 saturated carbocycles. The average molecular weight is 440 g/mol. The zero-order valence-electron chi connectivity index (χ0n) is 17.6. The van der Waals surface area contributed by atoms with Crippen molar-refractivity contribution in [2.24, 2.45) is 0 Å². The van der Waals surface area contributed by atoms with E-state index in [2.05, 4.69) is 4.98 Å². The highest BCUT2D eigenvalue weighted by atomic mass is 32.2. The summed E-state index contributed by atoms with van der Waals surface area (Å²) in [4.78, 5) is 19.1. The third kappa shape index (κ3) is 4.26. The number of piperazine rings is 1. The average Bonchev–Trinajstić information content (AvgIpc) is 2.78. The van der Waals surface area contributed by atoms with Gasteiger partial charge in [-0.25, -0.2) is 8.42 Å². The topological polar surface area (TPSA) is 79.8 Å². The van der Waals surface area contributed by atoms with Crippen LogP contribution in [0.5, 0.6) is 5.75 Å². The molecule has 0 N–H and O–H groups in total. The van der Waals surface area contributed by atoms with E-state index in [-0.39, 0.29) is 23.9 Å². The van der Waals surface area contributed by atoms with Crippen molar-refractivity contribution >= 4 is 26.8 Å². The number of carbonyl (C=O) groups excluding carboxylic acids is 1. The van der Waals surface area contributed by atoms with Gasteiger partial charge < -0.3 is 9.64 Å². The van der Waals surface area contributed by atoms with Crippen molar-refractivity contribution in [1.82, 2.24) is 14.2 Å². The van der Waals surface area contributed by atoms with E-state index in [1.807, 2.05) is 32.0 Å². The molecule has 1 saturated heterocycles. The molecule has 1 fully saturated rings. The molecule has 1 aromatic heterocycles. The lowest BCUT2D eigenvalue weighted by Crippen LogP contribution is -2.50. The first kappa shape index (κ1) is 21.3. The van der Waals surface area contributed by atoms with Gasteiger partial charge in [-0.1, -0.05) is 18.2 Å². The van der Waals surface area contributed by atoms with E-state index in [1.54, 1.807) is 41.4 Å². The second kappa shape index (κ2) is 8.64. The van der Waals surface area contributed by atoms with Crippen molar-refractivity contribution in [3.05, 3.63) is 65.9 Å². The van der Waals surface area contributed by atoms with Gasteiger partial charge in [0.25, 0.3) is 5.91 Å². The highest BCUT2D eigenvalue weighted by Crippen LogP contribution is 2.26. The fourth-order valence-corrected chi connectivity index (χ4v) is 5.38. The molecule has 1 amide bonds. The Hall–Kier alpha value is -2.97. The van der Waals surface area contributed by atoms with Gasteiger partial charge in [0.2, 0.25) is 10.0 Å². The number of ether oxygens (including phenoxy) is 1. The van der Waals surface area contributed by atoms with Crippen molar-refractivity contribution in [2.75, 3.05) is 32.8 Å². The predicted octanol–water partition coefficient (Wildman–Crippen LogP) is 3.09. The van der Waals surface area contributed by atoms with Crippen LogP contribution in [0.4, 0.5) is 0 Å². The van der Waals surface area contributed by atoms with E-state index in [9.17, 15) is 13.2 Å². The van der Waals surface area contributed by atoms with E-state index in [4.69, 9.17) is 4.74 Å². The number of rotatable bonds is 5.